The van der Waals surface area contributed by atoms with Crippen LogP contribution in [0.5, 0.6) is 0 Å². The number of carbonyl (C=O) groups excluding carboxylic acids is 1. The molecule has 2 heteroatoms. The third kappa shape index (κ3) is 2.93. The number of carbonyl (C=O) groups is 1. The summed E-state index contributed by atoms with van der Waals surface area (Å²) in [4.78, 5) is 12.9. The second-order valence-corrected chi connectivity index (χ2v) is 11.6. The highest BCUT2D eigenvalue weighted by Gasteiger charge is 2.60. The molecule has 6 rings (SSSR count). The van der Waals surface area contributed by atoms with Crippen molar-refractivity contribution >= 4 is 5.97 Å². The molecule has 1 aromatic rings. The first-order valence-electron chi connectivity index (χ1n) is 12.5. The summed E-state index contributed by atoms with van der Waals surface area (Å²) < 4.78 is 6.02. The van der Waals surface area contributed by atoms with Crippen molar-refractivity contribution in [3.8, 4) is 0 Å². The van der Waals surface area contributed by atoms with Gasteiger partial charge >= 0.3 is 5.97 Å². The molecule has 0 aromatic heterocycles. The highest BCUT2D eigenvalue weighted by molar-refractivity contribution is 5.89. The molecule has 4 saturated carbocycles. The quantitative estimate of drug-likeness (QED) is 0.315. The molecule has 160 valence electrons. The Morgan fingerprint density at radius 1 is 0.900 bits per heavy atom. The van der Waals surface area contributed by atoms with E-state index < -0.39 is 0 Å². The van der Waals surface area contributed by atoms with Crippen molar-refractivity contribution in [1.29, 1.82) is 0 Å². The molecule has 0 radical (unpaired) electrons. The van der Waals surface area contributed by atoms with E-state index in [9.17, 15) is 4.79 Å². The predicted octanol–water partition coefficient (Wildman–Crippen LogP) is 6.76. The molecule has 7 unspecified atom stereocenters. The Kier molecular flexibility index (Phi) is 4.45. The number of rotatable bonds is 4. The van der Waals surface area contributed by atoms with Gasteiger partial charge in [-0.15, -0.1) is 0 Å². The molecule has 7 atom stereocenters. The predicted molar refractivity (Wildman–Crippen MR) is 119 cm³/mol. The summed E-state index contributed by atoms with van der Waals surface area (Å²) in [6.45, 7) is 4.20. The molecule has 2 nitrogen and oxygen atoms in total. The Labute approximate surface area is 181 Å². The first-order valence-corrected chi connectivity index (χ1v) is 12.5. The van der Waals surface area contributed by atoms with Gasteiger partial charge in [0.1, 0.15) is 5.60 Å². The van der Waals surface area contributed by atoms with Crippen molar-refractivity contribution in [2.24, 2.45) is 41.4 Å². The number of fused-ring (bicyclic) bond motifs is 9. The maximum atomic E-state index is 12.9. The van der Waals surface area contributed by atoms with Gasteiger partial charge in [-0.25, -0.2) is 4.79 Å². The number of ether oxygens (including phenoxy) is 1. The van der Waals surface area contributed by atoms with Gasteiger partial charge in [0.25, 0.3) is 0 Å². The zero-order valence-electron chi connectivity index (χ0n) is 18.6. The second kappa shape index (κ2) is 6.97. The standard InChI is InChI=1S/C28H36O2/c1-28(2,22-6-4-3-5-7-22)30-27(29)18-10-8-17(9-11-18)23-15-21-16-24(23)26-20-13-12-19(14-20)25(21)26/h8-13,19-26H,3-7,14-16H2,1-2H3. The summed E-state index contributed by atoms with van der Waals surface area (Å²) >= 11 is 0. The molecule has 0 heterocycles. The minimum atomic E-state index is -0.370. The smallest absolute Gasteiger partial charge is 0.338 e. The molecule has 30 heavy (non-hydrogen) atoms. The van der Waals surface area contributed by atoms with E-state index in [0.717, 1.165) is 35.5 Å². The molecule has 4 fully saturated rings. The van der Waals surface area contributed by atoms with E-state index in [1.54, 1.807) is 0 Å². The Hall–Kier alpha value is -1.57. The van der Waals surface area contributed by atoms with Crippen LogP contribution in [-0.4, -0.2) is 11.6 Å². The van der Waals surface area contributed by atoms with Crippen LogP contribution < -0.4 is 0 Å². The lowest BCUT2D eigenvalue weighted by Gasteiger charge is -2.37. The SMILES string of the molecule is CC(C)(OC(=O)c1ccc(C2CC3CC2C2C4C=CC(C4)C32)cc1)C1CCCCC1. The molecule has 5 aliphatic rings. The van der Waals surface area contributed by atoms with Gasteiger partial charge in [0.15, 0.2) is 0 Å². The van der Waals surface area contributed by atoms with Crippen molar-refractivity contribution in [3.63, 3.8) is 0 Å². The maximum Gasteiger partial charge on any atom is 0.338 e. The third-order valence-corrected chi connectivity index (χ3v) is 9.79. The highest BCUT2D eigenvalue weighted by atomic mass is 16.6. The Morgan fingerprint density at radius 3 is 2.33 bits per heavy atom. The van der Waals surface area contributed by atoms with Crippen LogP contribution in [0.25, 0.3) is 0 Å². The first-order chi connectivity index (χ1) is 14.5. The van der Waals surface area contributed by atoms with E-state index in [-0.39, 0.29) is 11.6 Å². The Bertz CT molecular complexity index is 844. The third-order valence-electron chi connectivity index (χ3n) is 9.79. The molecule has 0 spiro atoms. The average molecular weight is 405 g/mol. The van der Waals surface area contributed by atoms with Gasteiger partial charge in [0.2, 0.25) is 0 Å². The fraction of sp³-hybridized carbons (Fsp3) is 0.679. The summed E-state index contributed by atoms with van der Waals surface area (Å²) in [7, 11) is 0. The van der Waals surface area contributed by atoms with Crippen LogP contribution in [0.3, 0.4) is 0 Å². The van der Waals surface area contributed by atoms with Crippen molar-refractivity contribution in [2.75, 3.05) is 0 Å². The topological polar surface area (TPSA) is 26.3 Å². The number of hydrogen-bond acceptors (Lipinski definition) is 2. The van der Waals surface area contributed by atoms with Gasteiger partial charge in [-0.2, -0.15) is 0 Å². The first kappa shape index (κ1) is 19.1. The molecule has 0 saturated heterocycles. The fourth-order valence-electron chi connectivity index (χ4n) is 8.44. The second-order valence-electron chi connectivity index (χ2n) is 11.6. The highest BCUT2D eigenvalue weighted by Crippen LogP contribution is 2.68. The molecule has 0 aliphatic heterocycles. The van der Waals surface area contributed by atoms with E-state index in [4.69, 9.17) is 4.74 Å². The maximum absolute atomic E-state index is 12.9. The number of benzene rings is 1. The van der Waals surface area contributed by atoms with Gasteiger partial charge < -0.3 is 4.74 Å². The summed E-state index contributed by atoms with van der Waals surface area (Å²) in [6, 6.07) is 8.51. The number of esters is 1. The molecular formula is C28H36O2. The molecule has 0 N–H and O–H groups in total. The van der Waals surface area contributed by atoms with Crippen LogP contribution >= 0.6 is 0 Å². The largest absolute Gasteiger partial charge is 0.456 e. The van der Waals surface area contributed by atoms with Gasteiger partial charge in [0.05, 0.1) is 5.56 Å². The van der Waals surface area contributed by atoms with E-state index in [2.05, 4.69) is 38.1 Å². The minimum absolute atomic E-state index is 0.150. The monoisotopic (exact) mass is 404 g/mol. The zero-order valence-corrected chi connectivity index (χ0v) is 18.6. The summed E-state index contributed by atoms with van der Waals surface area (Å²) in [5, 5.41) is 0. The van der Waals surface area contributed by atoms with Crippen LogP contribution in [0.4, 0.5) is 0 Å². The summed E-state index contributed by atoms with van der Waals surface area (Å²) in [5.41, 5.74) is 1.80. The van der Waals surface area contributed by atoms with Crippen molar-refractivity contribution in [2.45, 2.75) is 76.7 Å². The molecule has 1 aromatic carbocycles. The van der Waals surface area contributed by atoms with E-state index >= 15 is 0 Å². The van der Waals surface area contributed by atoms with Crippen LogP contribution in [0.2, 0.25) is 0 Å². The van der Waals surface area contributed by atoms with Gasteiger partial charge in [-0.05, 0) is 111 Å². The van der Waals surface area contributed by atoms with Crippen LogP contribution in [-0.2, 0) is 4.74 Å². The Balaban J connectivity index is 1.14. The van der Waals surface area contributed by atoms with Crippen molar-refractivity contribution in [3.05, 3.63) is 47.5 Å². The van der Waals surface area contributed by atoms with Gasteiger partial charge in [0, 0.05) is 0 Å². The summed E-state index contributed by atoms with van der Waals surface area (Å²) in [6.07, 6.45) is 15.5. The van der Waals surface area contributed by atoms with Crippen LogP contribution in [0.15, 0.2) is 36.4 Å². The van der Waals surface area contributed by atoms with E-state index in [1.807, 2.05) is 12.1 Å². The average Bonchev–Trinajstić information content (AvgIpc) is 3.53. The molecule has 5 aliphatic carbocycles. The minimum Gasteiger partial charge on any atom is -0.456 e. The van der Waals surface area contributed by atoms with E-state index in [0.29, 0.717) is 17.4 Å². The Morgan fingerprint density at radius 2 is 1.60 bits per heavy atom. The fourth-order valence-corrected chi connectivity index (χ4v) is 8.44. The molecule has 0 amide bonds. The van der Waals surface area contributed by atoms with Crippen LogP contribution in [0.1, 0.15) is 87.1 Å². The van der Waals surface area contributed by atoms with Crippen molar-refractivity contribution in [1.82, 2.24) is 0 Å². The van der Waals surface area contributed by atoms with Crippen LogP contribution in [0, 0.1) is 41.4 Å². The number of allylic oxidation sites excluding steroid dienone is 2. The lowest BCUT2D eigenvalue weighted by Crippen LogP contribution is -2.37. The normalized spacial score (nSPS) is 39.5. The molecule has 4 bridgehead atoms. The zero-order chi connectivity index (χ0) is 20.5. The molecular weight excluding hydrogens is 368 g/mol. The van der Waals surface area contributed by atoms with Gasteiger partial charge in [-0.1, -0.05) is 43.5 Å². The van der Waals surface area contributed by atoms with Crippen molar-refractivity contribution < 1.29 is 9.53 Å². The number of hydrogen-bond donors (Lipinski definition) is 0. The van der Waals surface area contributed by atoms with E-state index in [1.165, 1.54) is 56.9 Å². The summed E-state index contributed by atoms with van der Waals surface area (Å²) in [5.74, 6) is 6.51. The lowest BCUT2D eigenvalue weighted by atomic mass is 9.68. The van der Waals surface area contributed by atoms with Gasteiger partial charge in [-0.3, -0.25) is 0 Å². The lowest BCUT2D eigenvalue weighted by molar-refractivity contribution is -0.0384.